The molecule has 0 aromatic carbocycles. The van der Waals surface area contributed by atoms with Crippen LogP contribution in [0, 0.1) is 34.5 Å². The van der Waals surface area contributed by atoms with E-state index in [4.69, 9.17) is 4.74 Å². The first-order valence-electron chi connectivity index (χ1n) is 11.5. The standard InChI is InChI=1S/C24H37FO4/c1-14-12-20-19-7-6-17-13-18(29-16(3)27)8-9-21(17,4)23(19,25)11-10-22(20,5)24(14,28)15(2)26/h14,17-20,28H,6-13H2,1-5H3/t14-,17-,18-,19-,20-,21-,22-,23+,24-/m0/s1. The first-order chi connectivity index (χ1) is 13.4. The summed E-state index contributed by atoms with van der Waals surface area (Å²) in [5.74, 6) is -0.403. The van der Waals surface area contributed by atoms with Crippen molar-refractivity contribution in [2.45, 2.75) is 103 Å². The smallest absolute Gasteiger partial charge is 0.302 e. The van der Waals surface area contributed by atoms with Gasteiger partial charge in [-0.05, 0) is 82.0 Å². The number of alkyl halides is 1. The number of esters is 1. The quantitative estimate of drug-likeness (QED) is 0.677. The van der Waals surface area contributed by atoms with E-state index in [-0.39, 0.29) is 41.5 Å². The predicted molar refractivity (Wildman–Crippen MR) is 108 cm³/mol. The second-order valence-electron chi connectivity index (χ2n) is 11.1. The van der Waals surface area contributed by atoms with Crippen LogP contribution in [0.15, 0.2) is 0 Å². The maximum absolute atomic E-state index is 17.0. The zero-order valence-electron chi connectivity index (χ0n) is 18.6. The van der Waals surface area contributed by atoms with Crippen molar-refractivity contribution in [1.29, 1.82) is 0 Å². The molecule has 0 aromatic rings. The molecule has 0 aromatic heterocycles. The van der Waals surface area contributed by atoms with Gasteiger partial charge in [0.05, 0.1) is 0 Å². The molecule has 4 rings (SSSR count). The van der Waals surface area contributed by atoms with Crippen molar-refractivity contribution in [3.05, 3.63) is 0 Å². The minimum atomic E-state index is -1.34. The van der Waals surface area contributed by atoms with Gasteiger partial charge in [0.2, 0.25) is 0 Å². The van der Waals surface area contributed by atoms with E-state index in [9.17, 15) is 14.7 Å². The Morgan fingerprint density at radius 3 is 2.28 bits per heavy atom. The largest absolute Gasteiger partial charge is 0.463 e. The van der Waals surface area contributed by atoms with E-state index in [2.05, 4.69) is 6.92 Å². The Hall–Kier alpha value is -0.970. The molecule has 0 amide bonds. The number of hydrogen-bond acceptors (Lipinski definition) is 4. The molecule has 5 heteroatoms. The van der Waals surface area contributed by atoms with Crippen LogP contribution in [0.3, 0.4) is 0 Å². The van der Waals surface area contributed by atoms with E-state index in [1.807, 2.05) is 13.8 Å². The predicted octanol–water partition coefficient (Wildman–Crippen LogP) is 4.62. The summed E-state index contributed by atoms with van der Waals surface area (Å²) in [4.78, 5) is 23.9. The van der Waals surface area contributed by atoms with E-state index >= 15 is 4.39 Å². The van der Waals surface area contributed by atoms with E-state index in [1.54, 1.807) is 0 Å². The summed E-state index contributed by atoms with van der Waals surface area (Å²) < 4.78 is 22.5. The van der Waals surface area contributed by atoms with Gasteiger partial charge < -0.3 is 9.84 Å². The Labute approximate surface area is 174 Å². The molecule has 0 unspecified atom stereocenters. The Morgan fingerprint density at radius 1 is 0.966 bits per heavy atom. The maximum atomic E-state index is 17.0. The lowest BCUT2D eigenvalue weighted by Gasteiger charge is -2.64. The molecule has 4 aliphatic carbocycles. The van der Waals surface area contributed by atoms with Crippen molar-refractivity contribution in [2.24, 2.45) is 34.5 Å². The number of halogens is 1. The minimum Gasteiger partial charge on any atom is -0.463 e. The number of fused-ring (bicyclic) bond motifs is 5. The van der Waals surface area contributed by atoms with Crippen LogP contribution in [0.1, 0.15) is 86.0 Å². The number of ether oxygens (including phenoxy) is 1. The van der Waals surface area contributed by atoms with Crippen LogP contribution in [0.2, 0.25) is 0 Å². The highest BCUT2D eigenvalue weighted by Crippen LogP contribution is 2.71. The molecular weight excluding hydrogens is 371 g/mol. The summed E-state index contributed by atoms with van der Waals surface area (Å²) in [7, 11) is 0. The Balaban J connectivity index is 1.65. The first kappa shape index (κ1) is 21.3. The summed E-state index contributed by atoms with van der Waals surface area (Å²) in [6.07, 6.45) is 5.55. The highest BCUT2D eigenvalue weighted by Gasteiger charge is 2.73. The van der Waals surface area contributed by atoms with Crippen LogP contribution in [-0.2, 0) is 14.3 Å². The van der Waals surface area contributed by atoms with Crippen molar-refractivity contribution >= 4 is 11.8 Å². The summed E-state index contributed by atoms with van der Waals surface area (Å²) in [5.41, 5.74) is -3.59. The molecule has 4 saturated carbocycles. The number of ketones is 1. The molecule has 4 fully saturated rings. The van der Waals surface area contributed by atoms with Gasteiger partial charge in [-0.15, -0.1) is 0 Å². The highest BCUT2D eigenvalue weighted by molar-refractivity contribution is 5.86. The van der Waals surface area contributed by atoms with Crippen LogP contribution in [0.4, 0.5) is 4.39 Å². The third kappa shape index (κ3) is 2.58. The molecule has 0 bridgehead atoms. The number of Topliss-reactive ketones (excluding diaryl/α,β-unsaturated/α-hetero) is 1. The second kappa shape index (κ2) is 6.51. The minimum absolute atomic E-state index is 0.0362. The van der Waals surface area contributed by atoms with Crippen LogP contribution < -0.4 is 0 Å². The van der Waals surface area contributed by atoms with Crippen LogP contribution in [0.25, 0.3) is 0 Å². The lowest BCUT2D eigenvalue weighted by atomic mass is 9.42. The van der Waals surface area contributed by atoms with Gasteiger partial charge in [-0.1, -0.05) is 20.8 Å². The summed E-state index contributed by atoms with van der Waals surface area (Å²) in [6, 6.07) is 0. The fourth-order valence-corrected chi connectivity index (χ4v) is 8.54. The van der Waals surface area contributed by atoms with E-state index in [0.29, 0.717) is 12.8 Å². The molecule has 0 heterocycles. The van der Waals surface area contributed by atoms with Crippen molar-refractivity contribution in [2.75, 3.05) is 0 Å². The van der Waals surface area contributed by atoms with Gasteiger partial charge in [-0.25, -0.2) is 4.39 Å². The van der Waals surface area contributed by atoms with E-state index < -0.39 is 22.1 Å². The molecule has 1 N–H and O–H groups in total. The van der Waals surface area contributed by atoms with Crippen molar-refractivity contribution < 1.29 is 23.8 Å². The van der Waals surface area contributed by atoms with Crippen LogP contribution >= 0.6 is 0 Å². The average Bonchev–Trinajstić information content (AvgIpc) is 2.84. The fourth-order valence-electron chi connectivity index (χ4n) is 8.54. The first-order valence-corrected chi connectivity index (χ1v) is 11.5. The Kier molecular flexibility index (Phi) is 4.78. The normalized spacial score (nSPS) is 54.1. The topological polar surface area (TPSA) is 63.6 Å². The monoisotopic (exact) mass is 408 g/mol. The summed E-state index contributed by atoms with van der Waals surface area (Å²) in [5, 5.41) is 11.5. The molecule has 29 heavy (non-hydrogen) atoms. The van der Waals surface area contributed by atoms with Crippen molar-refractivity contribution in [3.8, 4) is 0 Å². The molecule has 164 valence electrons. The molecule has 0 radical (unpaired) electrons. The number of hydrogen-bond donors (Lipinski definition) is 1. The van der Waals surface area contributed by atoms with Gasteiger partial charge in [-0.3, -0.25) is 9.59 Å². The van der Waals surface area contributed by atoms with Crippen LogP contribution in [-0.4, -0.2) is 34.2 Å². The van der Waals surface area contributed by atoms with Gasteiger partial charge >= 0.3 is 5.97 Å². The van der Waals surface area contributed by atoms with E-state index in [1.165, 1.54) is 13.8 Å². The molecular formula is C24H37FO4. The second-order valence-corrected chi connectivity index (χ2v) is 11.1. The fraction of sp³-hybridized carbons (Fsp3) is 0.917. The van der Waals surface area contributed by atoms with Gasteiger partial charge in [-0.2, -0.15) is 0 Å². The zero-order valence-corrected chi connectivity index (χ0v) is 18.6. The van der Waals surface area contributed by atoms with E-state index in [0.717, 1.165) is 38.5 Å². The van der Waals surface area contributed by atoms with Crippen molar-refractivity contribution in [3.63, 3.8) is 0 Å². The number of carbonyl (C=O) groups excluding carboxylic acids is 2. The van der Waals surface area contributed by atoms with Gasteiger partial charge in [0.1, 0.15) is 17.4 Å². The summed E-state index contributed by atoms with van der Waals surface area (Å²) >= 11 is 0. The van der Waals surface area contributed by atoms with Gasteiger partial charge in [0.25, 0.3) is 0 Å². The Morgan fingerprint density at radius 2 is 1.66 bits per heavy atom. The molecule has 0 spiro atoms. The van der Waals surface area contributed by atoms with Gasteiger partial charge in [0.15, 0.2) is 5.78 Å². The van der Waals surface area contributed by atoms with Gasteiger partial charge in [0, 0.05) is 17.8 Å². The van der Waals surface area contributed by atoms with Crippen LogP contribution in [0.5, 0.6) is 0 Å². The maximum Gasteiger partial charge on any atom is 0.302 e. The molecule has 4 nitrogen and oxygen atoms in total. The molecule has 4 aliphatic rings. The number of rotatable bonds is 2. The summed E-state index contributed by atoms with van der Waals surface area (Å²) in [6.45, 7) is 9.05. The highest BCUT2D eigenvalue weighted by atomic mass is 19.1. The molecule has 9 atom stereocenters. The molecule has 0 aliphatic heterocycles. The number of aliphatic hydroxyl groups is 1. The zero-order chi connectivity index (χ0) is 21.4. The third-order valence-corrected chi connectivity index (χ3v) is 10.2. The Bertz CT molecular complexity index is 724. The SMILES string of the molecule is CC(=O)O[C@H]1CC[C@@]2(C)[C@@H](CC[C@H]3[C@@H]4C[C@H](C)[C@](O)(C(C)=O)[C@@]4(C)CC[C@@]32F)C1. The average molecular weight is 409 g/mol. The lowest BCUT2D eigenvalue weighted by molar-refractivity contribution is -0.219. The third-order valence-electron chi connectivity index (χ3n) is 10.2. The lowest BCUT2D eigenvalue weighted by Crippen LogP contribution is -2.65. The molecule has 0 saturated heterocycles. The number of carbonyl (C=O) groups is 2. The van der Waals surface area contributed by atoms with Crippen molar-refractivity contribution in [1.82, 2.24) is 0 Å².